The third kappa shape index (κ3) is 1.40. The molecule has 0 N–H and O–H groups in total. The van der Waals surface area contributed by atoms with Crippen LogP contribution >= 0.6 is 0 Å². The van der Waals surface area contributed by atoms with Gasteiger partial charge in [0, 0.05) is 23.3 Å². The van der Waals surface area contributed by atoms with Gasteiger partial charge in [0.25, 0.3) is 0 Å². The van der Waals surface area contributed by atoms with Crippen molar-refractivity contribution in [3.05, 3.63) is 54.9 Å². The summed E-state index contributed by atoms with van der Waals surface area (Å²) in [6, 6.07) is 14.6. The van der Waals surface area contributed by atoms with Gasteiger partial charge in [-0.05, 0) is 30.3 Å². The van der Waals surface area contributed by atoms with Gasteiger partial charge in [0.05, 0.1) is 0 Å². The Balaban J connectivity index is 2.21. The van der Waals surface area contributed by atoms with Crippen molar-refractivity contribution in [3.8, 4) is 11.3 Å². The highest BCUT2D eigenvalue weighted by atomic mass is 16.3. The first-order valence-electron chi connectivity index (χ1n) is 4.73. The van der Waals surface area contributed by atoms with Gasteiger partial charge >= 0.3 is 0 Å². The molecular formula is C13H8NO. The smallest absolute Gasteiger partial charge is 0.136 e. The van der Waals surface area contributed by atoms with Crippen LogP contribution in [-0.4, -0.2) is 4.98 Å². The van der Waals surface area contributed by atoms with Crippen molar-refractivity contribution in [3.63, 3.8) is 0 Å². The van der Waals surface area contributed by atoms with Gasteiger partial charge in [-0.15, -0.1) is 0 Å². The van der Waals surface area contributed by atoms with E-state index < -0.39 is 0 Å². The lowest BCUT2D eigenvalue weighted by molar-refractivity contribution is 0.631. The molecule has 0 bridgehead atoms. The molecule has 71 valence electrons. The minimum atomic E-state index is 0.845. The summed E-state index contributed by atoms with van der Waals surface area (Å²) in [5.74, 6) is 0.845. The zero-order valence-corrected chi connectivity index (χ0v) is 7.97. The summed E-state index contributed by atoms with van der Waals surface area (Å²) in [4.78, 5) is 4.06. The first kappa shape index (κ1) is 8.24. The molecular weight excluding hydrogens is 186 g/mol. The average molecular weight is 194 g/mol. The molecule has 0 atom stereocenters. The minimum absolute atomic E-state index is 0.845. The number of hydrogen-bond acceptors (Lipinski definition) is 2. The largest absolute Gasteiger partial charge is 0.456 e. The van der Waals surface area contributed by atoms with Crippen molar-refractivity contribution in [1.29, 1.82) is 0 Å². The fourth-order valence-electron chi connectivity index (χ4n) is 1.57. The minimum Gasteiger partial charge on any atom is -0.456 e. The summed E-state index contributed by atoms with van der Waals surface area (Å²) < 4.78 is 5.68. The number of furan rings is 1. The maximum absolute atomic E-state index is 5.68. The molecule has 2 aromatic heterocycles. The van der Waals surface area contributed by atoms with E-state index >= 15 is 0 Å². The van der Waals surface area contributed by atoms with Gasteiger partial charge in [-0.1, -0.05) is 12.1 Å². The van der Waals surface area contributed by atoms with Crippen LogP contribution in [0.1, 0.15) is 0 Å². The lowest BCUT2D eigenvalue weighted by Gasteiger charge is -1.92. The van der Waals surface area contributed by atoms with E-state index in [1.807, 2.05) is 36.4 Å². The van der Waals surface area contributed by atoms with Crippen molar-refractivity contribution >= 4 is 11.0 Å². The van der Waals surface area contributed by atoms with Gasteiger partial charge in [0.1, 0.15) is 11.3 Å². The van der Waals surface area contributed by atoms with Crippen LogP contribution in [0.15, 0.2) is 53.2 Å². The van der Waals surface area contributed by atoms with Crippen LogP contribution in [-0.2, 0) is 0 Å². The van der Waals surface area contributed by atoms with Crippen molar-refractivity contribution < 1.29 is 4.42 Å². The van der Waals surface area contributed by atoms with E-state index in [2.05, 4.69) is 11.1 Å². The highest BCUT2D eigenvalue weighted by molar-refractivity contribution is 5.82. The molecule has 0 saturated carbocycles. The predicted octanol–water partition coefficient (Wildman–Crippen LogP) is 3.29. The summed E-state index contributed by atoms with van der Waals surface area (Å²) in [7, 11) is 0. The quantitative estimate of drug-likeness (QED) is 0.594. The molecule has 0 aliphatic carbocycles. The molecule has 2 heterocycles. The Morgan fingerprint density at radius 1 is 1.27 bits per heavy atom. The van der Waals surface area contributed by atoms with Gasteiger partial charge in [0.2, 0.25) is 0 Å². The highest BCUT2D eigenvalue weighted by Gasteiger charge is 2.04. The van der Waals surface area contributed by atoms with Crippen LogP contribution in [0.3, 0.4) is 0 Å². The zero-order chi connectivity index (χ0) is 10.1. The molecule has 0 amide bonds. The van der Waals surface area contributed by atoms with Crippen LogP contribution in [0, 0.1) is 6.07 Å². The normalized spacial score (nSPS) is 10.7. The Hall–Kier alpha value is -2.09. The van der Waals surface area contributed by atoms with Crippen LogP contribution in [0.25, 0.3) is 22.3 Å². The SMILES string of the molecule is [c]1ccc2cc(-c3cccnc3)oc2c1. The predicted molar refractivity (Wildman–Crippen MR) is 58.3 cm³/mol. The fourth-order valence-corrected chi connectivity index (χ4v) is 1.57. The Morgan fingerprint density at radius 2 is 2.27 bits per heavy atom. The van der Waals surface area contributed by atoms with E-state index in [1.165, 1.54) is 0 Å². The van der Waals surface area contributed by atoms with Gasteiger partial charge in [-0.2, -0.15) is 0 Å². The molecule has 0 aliphatic rings. The molecule has 0 saturated heterocycles. The summed E-state index contributed by atoms with van der Waals surface area (Å²) in [5.41, 5.74) is 1.85. The van der Waals surface area contributed by atoms with Crippen LogP contribution in [0.5, 0.6) is 0 Å². The Bertz CT molecular complexity index is 551. The standard InChI is InChI=1S/C13H8NO/c1-2-6-12-10(4-1)8-13(15-12)11-5-3-7-14-9-11/h1,3-9H. The Morgan fingerprint density at radius 3 is 3.07 bits per heavy atom. The maximum atomic E-state index is 5.68. The first-order valence-corrected chi connectivity index (χ1v) is 4.73. The third-order valence-electron chi connectivity index (χ3n) is 2.31. The van der Waals surface area contributed by atoms with Gasteiger partial charge in [-0.25, -0.2) is 0 Å². The second-order valence-electron chi connectivity index (χ2n) is 3.32. The van der Waals surface area contributed by atoms with E-state index in [-0.39, 0.29) is 0 Å². The summed E-state index contributed by atoms with van der Waals surface area (Å²) in [6.07, 6.45) is 3.54. The third-order valence-corrected chi connectivity index (χ3v) is 2.31. The van der Waals surface area contributed by atoms with E-state index in [0.717, 1.165) is 22.3 Å². The molecule has 2 nitrogen and oxygen atoms in total. The molecule has 3 rings (SSSR count). The lowest BCUT2D eigenvalue weighted by atomic mass is 10.2. The summed E-state index contributed by atoms with van der Waals surface area (Å²) >= 11 is 0. The molecule has 0 fully saturated rings. The molecule has 2 heteroatoms. The molecule has 1 radical (unpaired) electrons. The van der Waals surface area contributed by atoms with Crippen LogP contribution in [0.4, 0.5) is 0 Å². The number of hydrogen-bond donors (Lipinski definition) is 0. The van der Waals surface area contributed by atoms with E-state index in [9.17, 15) is 0 Å². The van der Waals surface area contributed by atoms with Crippen molar-refractivity contribution in [1.82, 2.24) is 4.98 Å². The van der Waals surface area contributed by atoms with Gasteiger partial charge in [0.15, 0.2) is 0 Å². The lowest BCUT2D eigenvalue weighted by Crippen LogP contribution is -1.73. The number of pyridine rings is 1. The molecule has 1 aromatic carbocycles. The summed E-state index contributed by atoms with van der Waals surface area (Å²) in [5, 5.41) is 1.09. The Kier molecular flexibility index (Phi) is 1.78. The Labute approximate surface area is 87.2 Å². The average Bonchev–Trinajstić information content (AvgIpc) is 2.74. The number of nitrogens with zero attached hydrogens (tertiary/aromatic N) is 1. The molecule has 0 spiro atoms. The van der Waals surface area contributed by atoms with Crippen molar-refractivity contribution in [2.24, 2.45) is 0 Å². The molecule has 15 heavy (non-hydrogen) atoms. The molecule has 0 unspecified atom stereocenters. The monoisotopic (exact) mass is 194 g/mol. The maximum Gasteiger partial charge on any atom is 0.136 e. The zero-order valence-electron chi connectivity index (χ0n) is 7.97. The van der Waals surface area contributed by atoms with Crippen LogP contribution in [0.2, 0.25) is 0 Å². The van der Waals surface area contributed by atoms with Crippen molar-refractivity contribution in [2.75, 3.05) is 0 Å². The second-order valence-corrected chi connectivity index (χ2v) is 3.32. The topological polar surface area (TPSA) is 26.0 Å². The molecule has 3 aromatic rings. The van der Waals surface area contributed by atoms with E-state index in [1.54, 1.807) is 12.4 Å². The first-order chi connectivity index (χ1) is 7.43. The van der Waals surface area contributed by atoms with E-state index in [4.69, 9.17) is 4.42 Å². The van der Waals surface area contributed by atoms with Crippen LogP contribution < -0.4 is 0 Å². The number of rotatable bonds is 1. The highest BCUT2D eigenvalue weighted by Crippen LogP contribution is 2.26. The van der Waals surface area contributed by atoms with Gasteiger partial charge < -0.3 is 4.42 Å². The number of benzene rings is 1. The number of aromatic nitrogens is 1. The molecule has 0 aliphatic heterocycles. The van der Waals surface area contributed by atoms with E-state index in [0.29, 0.717) is 0 Å². The fraction of sp³-hybridized carbons (Fsp3) is 0. The number of fused-ring (bicyclic) bond motifs is 1. The van der Waals surface area contributed by atoms with Crippen molar-refractivity contribution in [2.45, 2.75) is 0 Å². The second kappa shape index (κ2) is 3.24. The van der Waals surface area contributed by atoms with Gasteiger partial charge in [-0.3, -0.25) is 4.98 Å². The summed E-state index contributed by atoms with van der Waals surface area (Å²) in [6.45, 7) is 0.